The minimum atomic E-state index is 1.02. The van der Waals surface area contributed by atoms with Crippen molar-refractivity contribution in [2.24, 2.45) is 4.99 Å². The van der Waals surface area contributed by atoms with Gasteiger partial charge in [-0.15, -0.1) is 0 Å². The third-order valence-electron chi connectivity index (χ3n) is 4.51. The SMILES string of the molecule is Cc1ccc(C(=Nc2c(C)cc(C)cc2C)c2ccc(C)cc2)cc1. The predicted molar refractivity (Wildman–Crippen MR) is 108 cm³/mol. The molecule has 0 aromatic heterocycles. The molecule has 1 heteroatoms. The highest BCUT2D eigenvalue weighted by Crippen LogP contribution is 2.27. The largest absolute Gasteiger partial charge is 0.247 e. The van der Waals surface area contributed by atoms with E-state index in [1.807, 2.05) is 0 Å². The second kappa shape index (κ2) is 7.06. The summed E-state index contributed by atoms with van der Waals surface area (Å²) in [6, 6.07) is 21.6. The molecule has 0 unspecified atom stereocenters. The van der Waals surface area contributed by atoms with E-state index in [-0.39, 0.29) is 0 Å². The number of aliphatic imine (C=N–C) groups is 1. The number of nitrogens with zero attached hydrogens (tertiary/aromatic N) is 1. The molecule has 0 N–H and O–H groups in total. The van der Waals surface area contributed by atoms with Gasteiger partial charge in [0.05, 0.1) is 11.4 Å². The van der Waals surface area contributed by atoms with Crippen molar-refractivity contribution in [3.63, 3.8) is 0 Å². The van der Waals surface area contributed by atoms with Crippen LogP contribution in [-0.2, 0) is 0 Å². The van der Waals surface area contributed by atoms with Crippen molar-refractivity contribution in [2.45, 2.75) is 34.6 Å². The molecule has 25 heavy (non-hydrogen) atoms. The Labute approximate surface area is 151 Å². The van der Waals surface area contributed by atoms with E-state index in [0.717, 1.165) is 22.5 Å². The maximum Gasteiger partial charge on any atom is 0.0781 e. The maximum atomic E-state index is 5.12. The molecule has 3 rings (SSSR count). The quantitative estimate of drug-likeness (QED) is 0.494. The van der Waals surface area contributed by atoms with Crippen LogP contribution in [-0.4, -0.2) is 5.71 Å². The van der Waals surface area contributed by atoms with Gasteiger partial charge < -0.3 is 0 Å². The first-order valence-corrected chi connectivity index (χ1v) is 8.74. The molecule has 0 fully saturated rings. The fourth-order valence-corrected chi connectivity index (χ4v) is 3.18. The van der Waals surface area contributed by atoms with Crippen molar-refractivity contribution >= 4 is 11.4 Å². The summed E-state index contributed by atoms with van der Waals surface area (Å²) < 4.78 is 0. The lowest BCUT2D eigenvalue weighted by Gasteiger charge is -2.12. The van der Waals surface area contributed by atoms with Gasteiger partial charge in [-0.05, 0) is 45.7 Å². The van der Waals surface area contributed by atoms with Crippen molar-refractivity contribution in [3.05, 3.63) is 99.6 Å². The molecule has 0 heterocycles. The Morgan fingerprint density at radius 2 is 0.960 bits per heavy atom. The molecular weight excluding hydrogens is 302 g/mol. The zero-order valence-electron chi connectivity index (χ0n) is 15.7. The molecule has 0 saturated heterocycles. The van der Waals surface area contributed by atoms with Gasteiger partial charge in [0.15, 0.2) is 0 Å². The lowest BCUT2D eigenvalue weighted by molar-refractivity contribution is 1.28. The average Bonchev–Trinajstić information content (AvgIpc) is 2.56. The van der Waals surface area contributed by atoms with Gasteiger partial charge in [0.2, 0.25) is 0 Å². The summed E-state index contributed by atoms with van der Waals surface area (Å²) in [6.45, 7) is 10.6. The van der Waals surface area contributed by atoms with Gasteiger partial charge in [0.25, 0.3) is 0 Å². The second-order valence-corrected chi connectivity index (χ2v) is 6.94. The van der Waals surface area contributed by atoms with Crippen molar-refractivity contribution < 1.29 is 0 Å². The highest BCUT2D eigenvalue weighted by molar-refractivity contribution is 6.14. The molecule has 0 aliphatic rings. The Balaban J connectivity index is 2.21. The molecule has 0 aliphatic heterocycles. The summed E-state index contributed by atoms with van der Waals surface area (Å²) in [5.41, 5.74) is 10.6. The highest BCUT2D eigenvalue weighted by atomic mass is 14.8. The molecule has 1 nitrogen and oxygen atoms in total. The van der Waals surface area contributed by atoms with Crippen LogP contribution in [0, 0.1) is 34.6 Å². The number of hydrogen-bond donors (Lipinski definition) is 0. The average molecular weight is 327 g/mol. The zero-order valence-corrected chi connectivity index (χ0v) is 15.7. The second-order valence-electron chi connectivity index (χ2n) is 6.94. The van der Waals surface area contributed by atoms with Crippen molar-refractivity contribution in [2.75, 3.05) is 0 Å². The molecule has 126 valence electrons. The minimum Gasteiger partial charge on any atom is -0.247 e. The van der Waals surface area contributed by atoms with Gasteiger partial charge in [0.1, 0.15) is 0 Å². The highest BCUT2D eigenvalue weighted by Gasteiger charge is 2.10. The van der Waals surface area contributed by atoms with E-state index in [2.05, 4.69) is 95.3 Å². The summed E-state index contributed by atoms with van der Waals surface area (Å²) in [6.07, 6.45) is 0. The van der Waals surface area contributed by atoms with Gasteiger partial charge in [0, 0.05) is 11.1 Å². The summed E-state index contributed by atoms with van der Waals surface area (Å²) in [4.78, 5) is 5.12. The van der Waals surface area contributed by atoms with Crippen LogP contribution in [0.15, 0.2) is 65.7 Å². The maximum absolute atomic E-state index is 5.12. The summed E-state index contributed by atoms with van der Waals surface area (Å²) in [5.74, 6) is 0. The first-order valence-electron chi connectivity index (χ1n) is 8.74. The smallest absolute Gasteiger partial charge is 0.0781 e. The van der Waals surface area contributed by atoms with Gasteiger partial charge in [-0.3, -0.25) is 0 Å². The van der Waals surface area contributed by atoms with Crippen molar-refractivity contribution in [1.29, 1.82) is 0 Å². The van der Waals surface area contributed by atoms with Crippen molar-refractivity contribution in [1.82, 2.24) is 0 Å². The molecule has 0 bridgehead atoms. The van der Waals surface area contributed by atoms with E-state index >= 15 is 0 Å². The van der Waals surface area contributed by atoms with E-state index in [9.17, 15) is 0 Å². The minimum absolute atomic E-state index is 1.02. The monoisotopic (exact) mass is 327 g/mol. The third kappa shape index (κ3) is 3.88. The lowest BCUT2D eigenvalue weighted by Crippen LogP contribution is -2.04. The fourth-order valence-electron chi connectivity index (χ4n) is 3.18. The van der Waals surface area contributed by atoms with Gasteiger partial charge in [-0.1, -0.05) is 77.4 Å². The molecule has 3 aromatic carbocycles. The van der Waals surface area contributed by atoms with E-state index in [4.69, 9.17) is 4.99 Å². The summed E-state index contributed by atoms with van der Waals surface area (Å²) >= 11 is 0. The lowest BCUT2D eigenvalue weighted by atomic mass is 9.99. The van der Waals surface area contributed by atoms with Gasteiger partial charge in [-0.25, -0.2) is 4.99 Å². The van der Waals surface area contributed by atoms with Crippen molar-refractivity contribution in [3.8, 4) is 0 Å². The molecule has 0 atom stereocenters. The molecule has 0 saturated carbocycles. The van der Waals surface area contributed by atoms with E-state index in [0.29, 0.717) is 0 Å². The van der Waals surface area contributed by atoms with Crippen LogP contribution < -0.4 is 0 Å². The van der Waals surface area contributed by atoms with Crippen LogP contribution in [0.2, 0.25) is 0 Å². The van der Waals surface area contributed by atoms with Crippen LogP contribution in [0.4, 0.5) is 5.69 Å². The number of aryl methyl sites for hydroxylation is 5. The predicted octanol–water partition coefficient (Wildman–Crippen LogP) is 6.40. The first-order chi connectivity index (χ1) is 11.9. The first kappa shape index (κ1) is 17.2. The Kier molecular flexibility index (Phi) is 4.85. The zero-order chi connectivity index (χ0) is 18.0. The van der Waals surface area contributed by atoms with Gasteiger partial charge in [-0.2, -0.15) is 0 Å². The molecule has 0 radical (unpaired) electrons. The number of benzene rings is 3. The van der Waals surface area contributed by atoms with Crippen LogP contribution in [0.3, 0.4) is 0 Å². The summed E-state index contributed by atoms with van der Waals surface area (Å²) in [7, 11) is 0. The van der Waals surface area contributed by atoms with E-state index in [1.54, 1.807) is 0 Å². The van der Waals surface area contributed by atoms with E-state index in [1.165, 1.54) is 27.8 Å². The van der Waals surface area contributed by atoms with Crippen LogP contribution >= 0.6 is 0 Å². The molecular formula is C24H25N. The molecule has 0 amide bonds. The van der Waals surface area contributed by atoms with E-state index < -0.39 is 0 Å². The Morgan fingerprint density at radius 3 is 1.36 bits per heavy atom. The summed E-state index contributed by atoms with van der Waals surface area (Å²) in [5, 5.41) is 0. The number of hydrogen-bond acceptors (Lipinski definition) is 1. The Hall–Kier alpha value is -2.67. The molecule has 0 aliphatic carbocycles. The topological polar surface area (TPSA) is 12.4 Å². The standard InChI is InChI=1S/C24H25N/c1-16-6-10-21(11-7-16)24(22-12-8-17(2)9-13-22)25-23-19(4)14-18(3)15-20(23)5/h6-15H,1-5H3. The van der Waals surface area contributed by atoms with Gasteiger partial charge >= 0.3 is 0 Å². The molecule has 3 aromatic rings. The number of rotatable bonds is 3. The van der Waals surface area contributed by atoms with Crippen LogP contribution in [0.25, 0.3) is 0 Å². The molecule has 0 spiro atoms. The fraction of sp³-hybridized carbons (Fsp3) is 0.208. The van der Waals surface area contributed by atoms with Crippen LogP contribution in [0.5, 0.6) is 0 Å². The third-order valence-corrected chi connectivity index (χ3v) is 4.51. The van der Waals surface area contributed by atoms with Crippen LogP contribution in [0.1, 0.15) is 38.9 Å². The Bertz CT molecular complexity index is 843. The Morgan fingerprint density at radius 1 is 0.560 bits per heavy atom. The normalized spacial score (nSPS) is 10.6.